The van der Waals surface area contributed by atoms with Gasteiger partial charge in [0.05, 0.1) is 4.88 Å². The number of aryl methyl sites for hydroxylation is 1. The summed E-state index contributed by atoms with van der Waals surface area (Å²) in [5.74, 6) is 1.18. The van der Waals surface area contributed by atoms with Gasteiger partial charge in [-0.05, 0) is 43.9 Å². The molecule has 1 unspecified atom stereocenters. The maximum absolute atomic E-state index is 12.0. The summed E-state index contributed by atoms with van der Waals surface area (Å²) in [7, 11) is 0. The van der Waals surface area contributed by atoms with Crippen LogP contribution in [0.4, 0.5) is 0 Å². The molecule has 0 aliphatic carbocycles. The molecule has 2 nitrogen and oxygen atoms in total. The number of carbonyl (C=O) groups is 1. The number of rotatable bonds is 6. The van der Waals surface area contributed by atoms with Crippen LogP contribution in [0, 0.1) is 18.8 Å². The van der Waals surface area contributed by atoms with Gasteiger partial charge in [0, 0.05) is 11.3 Å². The van der Waals surface area contributed by atoms with E-state index >= 15 is 0 Å². The van der Waals surface area contributed by atoms with Gasteiger partial charge in [0.25, 0.3) is 0 Å². The van der Waals surface area contributed by atoms with Gasteiger partial charge < -0.3 is 5.73 Å². The van der Waals surface area contributed by atoms with Crippen molar-refractivity contribution in [3.8, 4) is 0 Å². The highest BCUT2D eigenvalue weighted by Gasteiger charge is 2.16. The Kier molecular flexibility index (Phi) is 5.16. The molecule has 0 aliphatic heterocycles. The molecule has 0 aliphatic rings. The summed E-state index contributed by atoms with van der Waals surface area (Å²) in [5.41, 5.74) is 5.70. The zero-order valence-corrected chi connectivity index (χ0v) is 11.1. The van der Waals surface area contributed by atoms with Crippen LogP contribution >= 0.6 is 11.3 Å². The second-order valence-electron chi connectivity index (χ2n) is 4.77. The molecule has 0 saturated heterocycles. The number of ketones is 1. The van der Waals surface area contributed by atoms with Crippen LogP contribution in [0.25, 0.3) is 0 Å². The van der Waals surface area contributed by atoms with Crippen LogP contribution < -0.4 is 5.73 Å². The van der Waals surface area contributed by atoms with Crippen molar-refractivity contribution in [3.05, 3.63) is 21.9 Å². The lowest BCUT2D eigenvalue weighted by Crippen LogP contribution is -2.19. The quantitative estimate of drug-likeness (QED) is 0.774. The van der Waals surface area contributed by atoms with Crippen molar-refractivity contribution < 1.29 is 4.79 Å². The number of Topliss-reactive ketones (excluding diaryl/α,β-unsaturated/α-hetero) is 1. The predicted octanol–water partition coefficient (Wildman–Crippen LogP) is 3.25. The van der Waals surface area contributed by atoms with Gasteiger partial charge >= 0.3 is 0 Å². The van der Waals surface area contributed by atoms with E-state index in [2.05, 4.69) is 13.8 Å². The summed E-state index contributed by atoms with van der Waals surface area (Å²) in [4.78, 5) is 14.0. The molecule has 0 saturated carbocycles. The van der Waals surface area contributed by atoms with E-state index < -0.39 is 0 Å². The molecule has 2 N–H and O–H groups in total. The Morgan fingerprint density at radius 1 is 1.44 bits per heavy atom. The van der Waals surface area contributed by atoms with Crippen LogP contribution in [0.3, 0.4) is 0 Å². The highest BCUT2D eigenvalue weighted by molar-refractivity contribution is 7.14. The van der Waals surface area contributed by atoms with Gasteiger partial charge in [0.15, 0.2) is 5.78 Å². The number of hydrogen-bond donors (Lipinski definition) is 1. The Hall–Kier alpha value is -0.670. The molecule has 1 aromatic rings. The molecule has 1 heterocycles. The summed E-state index contributed by atoms with van der Waals surface area (Å²) in [6.07, 6.45) is 1.63. The molecule has 16 heavy (non-hydrogen) atoms. The molecular formula is C13H21NOS. The fourth-order valence-electron chi connectivity index (χ4n) is 1.88. The molecular weight excluding hydrogens is 218 g/mol. The second-order valence-corrected chi connectivity index (χ2v) is 6.06. The zero-order chi connectivity index (χ0) is 12.1. The first kappa shape index (κ1) is 13.4. The summed E-state index contributed by atoms with van der Waals surface area (Å²) in [6.45, 7) is 6.97. The first-order valence-electron chi connectivity index (χ1n) is 5.82. The van der Waals surface area contributed by atoms with Crippen molar-refractivity contribution in [3.63, 3.8) is 0 Å². The van der Waals surface area contributed by atoms with Crippen molar-refractivity contribution >= 4 is 17.1 Å². The maximum Gasteiger partial charge on any atom is 0.173 e. The largest absolute Gasteiger partial charge is 0.330 e. The average molecular weight is 239 g/mol. The topological polar surface area (TPSA) is 43.1 Å². The fourth-order valence-corrected chi connectivity index (χ4v) is 2.69. The van der Waals surface area contributed by atoms with Crippen LogP contribution in [0.1, 0.15) is 41.2 Å². The third-order valence-electron chi connectivity index (χ3n) is 2.63. The first-order valence-corrected chi connectivity index (χ1v) is 6.64. The molecule has 1 atom stereocenters. The van der Waals surface area contributed by atoms with Gasteiger partial charge in [0.2, 0.25) is 0 Å². The molecule has 90 valence electrons. The molecule has 0 radical (unpaired) electrons. The smallest absolute Gasteiger partial charge is 0.173 e. The number of hydrogen-bond acceptors (Lipinski definition) is 3. The van der Waals surface area contributed by atoms with Crippen molar-refractivity contribution in [1.82, 2.24) is 0 Å². The van der Waals surface area contributed by atoms with Crippen LogP contribution in [0.5, 0.6) is 0 Å². The second kappa shape index (κ2) is 6.16. The van der Waals surface area contributed by atoms with Crippen molar-refractivity contribution in [2.45, 2.75) is 33.6 Å². The maximum atomic E-state index is 12.0. The highest BCUT2D eigenvalue weighted by Crippen LogP contribution is 2.21. The normalized spacial score (nSPS) is 13.1. The van der Waals surface area contributed by atoms with E-state index in [1.165, 1.54) is 4.88 Å². The summed E-state index contributed by atoms with van der Waals surface area (Å²) in [6, 6.07) is 3.92. The predicted molar refractivity (Wildman–Crippen MR) is 70.0 cm³/mol. The number of carbonyl (C=O) groups excluding carboxylic acids is 1. The van der Waals surface area contributed by atoms with Crippen molar-refractivity contribution in [1.29, 1.82) is 0 Å². The summed E-state index contributed by atoms with van der Waals surface area (Å²) in [5, 5.41) is 0. The van der Waals surface area contributed by atoms with Gasteiger partial charge in [-0.15, -0.1) is 11.3 Å². The Labute approximate surface area is 102 Å². The van der Waals surface area contributed by atoms with E-state index in [0.717, 1.165) is 11.3 Å². The minimum absolute atomic E-state index is 0.245. The van der Waals surface area contributed by atoms with Gasteiger partial charge in [-0.2, -0.15) is 0 Å². The fraction of sp³-hybridized carbons (Fsp3) is 0.615. The molecule has 0 spiro atoms. The van der Waals surface area contributed by atoms with Gasteiger partial charge in [0.1, 0.15) is 0 Å². The monoisotopic (exact) mass is 239 g/mol. The summed E-state index contributed by atoms with van der Waals surface area (Å²) < 4.78 is 0. The number of nitrogens with two attached hydrogens (primary N) is 1. The standard InChI is InChI=1S/C13H21NOS/c1-9(2)6-11(8-14)7-12(15)13-5-4-10(3)16-13/h4-5,9,11H,6-8,14H2,1-3H3. The minimum atomic E-state index is 0.245. The lowest BCUT2D eigenvalue weighted by molar-refractivity contribution is 0.0961. The van der Waals surface area contributed by atoms with E-state index in [-0.39, 0.29) is 5.78 Å². The minimum Gasteiger partial charge on any atom is -0.330 e. The zero-order valence-electron chi connectivity index (χ0n) is 10.3. The highest BCUT2D eigenvalue weighted by atomic mass is 32.1. The van der Waals surface area contributed by atoms with E-state index in [1.54, 1.807) is 11.3 Å². The van der Waals surface area contributed by atoms with Crippen LogP contribution in [0.15, 0.2) is 12.1 Å². The van der Waals surface area contributed by atoms with Gasteiger partial charge in [-0.3, -0.25) is 4.79 Å². The molecule has 1 aromatic heterocycles. The van der Waals surface area contributed by atoms with E-state index in [9.17, 15) is 4.79 Å². The average Bonchev–Trinajstić information content (AvgIpc) is 2.63. The van der Waals surface area contributed by atoms with Crippen LogP contribution in [0.2, 0.25) is 0 Å². The molecule has 0 fully saturated rings. The third kappa shape index (κ3) is 4.06. The molecule has 3 heteroatoms. The Balaban J connectivity index is 2.55. The lowest BCUT2D eigenvalue weighted by atomic mass is 9.92. The van der Waals surface area contributed by atoms with E-state index in [0.29, 0.717) is 24.8 Å². The van der Waals surface area contributed by atoms with E-state index in [4.69, 9.17) is 5.73 Å². The lowest BCUT2D eigenvalue weighted by Gasteiger charge is -2.15. The van der Waals surface area contributed by atoms with Crippen LogP contribution in [-0.2, 0) is 0 Å². The van der Waals surface area contributed by atoms with Crippen molar-refractivity contribution in [2.75, 3.05) is 6.54 Å². The first-order chi connectivity index (χ1) is 7.52. The van der Waals surface area contributed by atoms with Crippen LogP contribution in [-0.4, -0.2) is 12.3 Å². The number of thiophene rings is 1. The van der Waals surface area contributed by atoms with E-state index in [1.807, 2.05) is 19.1 Å². The Bertz CT molecular complexity index is 343. The molecule has 0 aromatic carbocycles. The van der Waals surface area contributed by atoms with Crippen molar-refractivity contribution in [2.24, 2.45) is 17.6 Å². The van der Waals surface area contributed by atoms with Gasteiger partial charge in [-0.25, -0.2) is 0 Å². The molecule has 0 amide bonds. The third-order valence-corrected chi connectivity index (χ3v) is 3.67. The molecule has 0 bridgehead atoms. The Morgan fingerprint density at radius 3 is 2.56 bits per heavy atom. The molecule has 1 rings (SSSR count). The summed E-state index contributed by atoms with van der Waals surface area (Å²) >= 11 is 1.58. The SMILES string of the molecule is Cc1ccc(C(=O)CC(CN)CC(C)C)s1. The Morgan fingerprint density at radius 2 is 2.12 bits per heavy atom. The van der Waals surface area contributed by atoms with Gasteiger partial charge in [-0.1, -0.05) is 13.8 Å².